The molecule has 0 radical (unpaired) electrons. The summed E-state index contributed by atoms with van der Waals surface area (Å²) >= 11 is 0. The molecule has 0 aliphatic heterocycles. The summed E-state index contributed by atoms with van der Waals surface area (Å²) < 4.78 is 4.91. The SMILES string of the molecule is Cc1cc(C)cc(NC(=O)COC(=O)/C=C/c2ccc(C(N)=O)cc2)c1. The number of rotatable bonds is 6. The van der Waals surface area contributed by atoms with Crippen LogP contribution in [0.4, 0.5) is 5.69 Å². The maximum Gasteiger partial charge on any atom is 0.331 e. The molecule has 0 bridgehead atoms. The highest BCUT2D eigenvalue weighted by molar-refractivity contribution is 5.95. The Hall–Kier alpha value is -3.41. The Morgan fingerprint density at radius 3 is 2.23 bits per heavy atom. The summed E-state index contributed by atoms with van der Waals surface area (Å²) in [6.45, 7) is 3.49. The van der Waals surface area contributed by atoms with Gasteiger partial charge in [0.25, 0.3) is 5.91 Å². The summed E-state index contributed by atoms with van der Waals surface area (Å²) in [6, 6.07) is 12.1. The zero-order chi connectivity index (χ0) is 19.1. The second kappa shape index (κ2) is 8.62. The van der Waals surface area contributed by atoms with E-state index in [0.717, 1.165) is 11.1 Å². The lowest BCUT2D eigenvalue weighted by molar-refractivity contribution is -0.142. The van der Waals surface area contributed by atoms with Crippen molar-refractivity contribution in [1.29, 1.82) is 0 Å². The number of nitrogens with one attached hydrogen (secondary N) is 1. The van der Waals surface area contributed by atoms with Crippen LogP contribution in [0.1, 0.15) is 27.0 Å². The third kappa shape index (κ3) is 5.90. The van der Waals surface area contributed by atoms with E-state index in [1.807, 2.05) is 32.0 Å². The van der Waals surface area contributed by atoms with Crippen molar-refractivity contribution in [3.05, 3.63) is 70.8 Å². The van der Waals surface area contributed by atoms with Gasteiger partial charge >= 0.3 is 5.97 Å². The Morgan fingerprint density at radius 2 is 1.65 bits per heavy atom. The van der Waals surface area contributed by atoms with Gasteiger partial charge in [-0.2, -0.15) is 0 Å². The number of hydrogen-bond acceptors (Lipinski definition) is 4. The lowest BCUT2D eigenvalue weighted by Crippen LogP contribution is -2.20. The lowest BCUT2D eigenvalue weighted by atomic mass is 10.1. The Morgan fingerprint density at radius 1 is 1.04 bits per heavy atom. The van der Waals surface area contributed by atoms with Crippen LogP contribution >= 0.6 is 0 Å². The smallest absolute Gasteiger partial charge is 0.331 e. The molecule has 0 fully saturated rings. The summed E-state index contributed by atoms with van der Waals surface area (Å²) in [6.07, 6.45) is 2.73. The van der Waals surface area contributed by atoms with Gasteiger partial charge in [0.05, 0.1) is 0 Å². The van der Waals surface area contributed by atoms with Crippen LogP contribution in [0.2, 0.25) is 0 Å². The van der Waals surface area contributed by atoms with E-state index >= 15 is 0 Å². The first-order chi connectivity index (χ1) is 12.3. The van der Waals surface area contributed by atoms with E-state index in [-0.39, 0.29) is 6.61 Å². The molecule has 3 N–H and O–H groups in total. The van der Waals surface area contributed by atoms with E-state index in [4.69, 9.17) is 10.5 Å². The minimum atomic E-state index is -0.639. The molecule has 0 aromatic heterocycles. The molecule has 0 saturated carbocycles. The Bertz CT molecular complexity index is 834. The highest BCUT2D eigenvalue weighted by atomic mass is 16.5. The number of nitrogens with two attached hydrogens (primary N) is 1. The van der Waals surface area contributed by atoms with Crippen LogP contribution in [0.25, 0.3) is 6.08 Å². The number of esters is 1. The first-order valence-electron chi connectivity index (χ1n) is 7.96. The van der Waals surface area contributed by atoms with Gasteiger partial charge < -0.3 is 15.8 Å². The van der Waals surface area contributed by atoms with Gasteiger partial charge in [-0.05, 0) is 60.9 Å². The van der Waals surface area contributed by atoms with Crippen LogP contribution < -0.4 is 11.1 Å². The topological polar surface area (TPSA) is 98.5 Å². The Labute approximate surface area is 151 Å². The van der Waals surface area contributed by atoms with E-state index in [1.54, 1.807) is 24.3 Å². The fourth-order valence-corrected chi connectivity index (χ4v) is 2.35. The van der Waals surface area contributed by atoms with Crippen molar-refractivity contribution in [2.24, 2.45) is 5.73 Å². The molecule has 0 heterocycles. The number of anilines is 1. The van der Waals surface area contributed by atoms with Crippen LogP contribution in [0.3, 0.4) is 0 Å². The van der Waals surface area contributed by atoms with Gasteiger partial charge in [-0.15, -0.1) is 0 Å². The van der Waals surface area contributed by atoms with E-state index in [2.05, 4.69) is 5.32 Å². The number of hydrogen-bond donors (Lipinski definition) is 2. The molecule has 26 heavy (non-hydrogen) atoms. The monoisotopic (exact) mass is 352 g/mol. The van der Waals surface area contributed by atoms with E-state index in [9.17, 15) is 14.4 Å². The molecule has 0 saturated heterocycles. The van der Waals surface area contributed by atoms with Gasteiger partial charge in [-0.25, -0.2) is 4.79 Å². The fourth-order valence-electron chi connectivity index (χ4n) is 2.35. The highest BCUT2D eigenvalue weighted by Gasteiger charge is 2.06. The number of carbonyl (C=O) groups is 3. The number of benzene rings is 2. The molecule has 2 aromatic carbocycles. The standard InChI is InChI=1S/C20H20N2O4/c1-13-9-14(2)11-17(10-13)22-18(23)12-26-19(24)8-5-15-3-6-16(7-4-15)20(21)25/h3-11H,12H2,1-2H3,(H2,21,25)(H,22,23)/b8-5+. The van der Waals surface area contributed by atoms with Gasteiger partial charge in [-0.3, -0.25) is 9.59 Å². The summed E-state index contributed by atoms with van der Waals surface area (Å²) in [5, 5.41) is 2.69. The van der Waals surface area contributed by atoms with Crippen LogP contribution in [0.15, 0.2) is 48.5 Å². The van der Waals surface area contributed by atoms with Gasteiger partial charge in [-0.1, -0.05) is 18.2 Å². The van der Waals surface area contributed by atoms with Crippen LogP contribution in [-0.4, -0.2) is 24.4 Å². The second-order valence-corrected chi connectivity index (χ2v) is 5.85. The van der Waals surface area contributed by atoms with E-state index in [1.165, 1.54) is 12.2 Å². The van der Waals surface area contributed by atoms with Crippen molar-refractivity contribution in [3.8, 4) is 0 Å². The summed E-state index contributed by atoms with van der Waals surface area (Å²) in [5.74, 6) is -1.57. The number of carbonyl (C=O) groups excluding carboxylic acids is 3. The largest absolute Gasteiger partial charge is 0.452 e. The summed E-state index contributed by atoms with van der Waals surface area (Å²) in [7, 11) is 0. The first kappa shape index (κ1) is 18.9. The highest BCUT2D eigenvalue weighted by Crippen LogP contribution is 2.13. The van der Waals surface area contributed by atoms with Gasteiger partial charge in [0, 0.05) is 17.3 Å². The molecule has 0 spiro atoms. The minimum absolute atomic E-state index is 0.378. The predicted octanol–water partition coefficient (Wildman–Crippen LogP) is 2.60. The second-order valence-electron chi connectivity index (χ2n) is 5.85. The lowest BCUT2D eigenvalue weighted by Gasteiger charge is -2.07. The molecular formula is C20H20N2O4. The maximum atomic E-state index is 11.9. The van der Waals surface area contributed by atoms with Crippen molar-refractivity contribution in [2.75, 3.05) is 11.9 Å². The van der Waals surface area contributed by atoms with Crippen molar-refractivity contribution >= 4 is 29.5 Å². The fraction of sp³-hybridized carbons (Fsp3) is 0.150. The van der Waals surface area contributed by atoms with Crippen LogP contribution in [0.5, 0.6) is 0 Å². The number of primary amides is 1. The maximum absolute atomic E-state index is 11.9. The Balaban J connectivity index is 1.83. The summed E-state index contributed by atoms with van der Waals surface area (Å²) in [5.41, 5.74) is 8.96. The molecule has 0 aliphatic rings. The molecule has 0 unspecified atom stereocenters. The molecule has 0 aliphatic carbocycles. The van der Waals surface area contributed by atoms with Crippen molar-refractivity contribution in [2.45, 2.75) is 13.8 Å². The number of aryl methyl sites for hydroxylation is 2. The summed E-state index contributed by atoms with van der Waals surface area (Å²) in [4.78, 5) is 34.5. The zero-order valence-electron chi connectivity index (χ0n) is 14.6. The minimum Gasteiger partial charge on any atom is -0.452 e. The van der Waals surface area contributed by atoms with E-state index in [0.29, 0.717) is 16.8 Å². The quantitative estimate of drug-likeness (QED) is 0.617. The van der Waals surface area contributed by atoms with E-state index < -0.39 is 17.8 Å². The van der Waals surface area contributed by atoms with Crippen LogP contribution in [0, 0.1) is 13.8 Å². The molecule has 2 amide bonds. The third-order valence-electron chi connectivity index (χ3n) is 3.46. The molecule has 0 atom stereocenters. The molecule has 2 rings (SSSR count). The van der Waals surface area contributed by atoms with Crippen molar-refractivity contribution in [3.63, 3.8) is 0 Å². The molecular weight excluding hydrogens is 332 g/mol. The average molecular weight is 352 g/mol. The molecule has 134 valence electrons. The normalized spacial score (nSPS) is 10.5. The molecule has 6 nitrogen and oxygen atoms in total. The van der Waals surface area contributed by atoms with Crippen molar-refractivity contribution in [1.82, 2.24) is 0 Å². The third-order valence-corrected chi connectivity index (χ3v) is 3.46. The van der Waals surface area contributed by atoms with Gasteiger partial charge in [0.1, 0.15) is 0 Å². The zero-order valence-corrected chi connectivity index (χ0v) is 14.6. The van der Waals surface area contributed by atoms with Gasteiger partial charge in [0.2, 0.25) is 5.91 Å². The number of ether oxygens (including phenoxy) is 1. The number of amides is 2. The van der Waals surface area contributed by atoms with Gasteiger partial charge in [0.15, 0.2) is 6.61 Å². The van der Waals surface area contributed by atoms with Crippen molar-refractivity contribution < 1.29 is 19.1 Å². The average Bonchev–Trinajstić information content (AvgIpc) is 2.57. The first-order valence-corrected chi connectivity index (χ1v) is 7.96. The van der Waals surface area contributed by atoms with Crippen LogP contribution in [-0.2, 0) is 14.3 Å². The molecule has 6 heteroatoms. The predicted molar refractivity (Wildman–Crippen MR) is 99.5 cm³/mol. The molecule has 2 aromatic rings. The Kier molecular flexibility index (Phi) is 6.27.